The van der Waals surface area contributed by atoms with Crippen molar-refractivity contribution in [2.75, 3.05) is 13.1 Å². The van der Waals surface area contributed by atoms with Crippen LogP contribution >= 0.6 is 15.9 Å². The second-order valence-corrected chi connectivity index (χ2v) is 6.96. The predicted molar refractivity (Wildman–Crippen MR) is 91.6 cm³/mol. The summed E-state index contributed by atoms with van der Waals surface area (Å²) in [5, 5.41) is 0. The highest BCUT2D eigenvalue weighted by Gasteiger charge is 2.34. The molecular formula is C17H18BrN3O2. The quantitative estimate of drug-likeness (QED) is 0.893. The summed E-state index contributed by atoms with van der Waals surface area (Å²) in [6.07, 6.45) is 2.40. The lowest BCUT2D eigenvalue weighted by molar-refractivity contribution is 0.0782. The van der Waals surface area contributed by atoms with Crippen LogP contribution in [0, 0.1) is 0 Å². The van der Waals surface area contributed by atoms with Crippen LogP contribution < -0.4 is 10.5 Å². The van der Waals surface area contributed by atoms with Gasteiger partial charge in [0.2, 0.25) is 5.88 Å². The Morgan fingerprint density at radius 3 is 2.91 bits per heavy atom. The number of benzene rings is 1. The van der Waals surface area contributed by atoms with E-state index in [1.54, 1.807) is 23.2 Å². The highest BCUT2D eigenvalue weighted by molar-refractivity contribution is 9.10. The zero-order chi connectivity index (χ0) is 16.4. The molecule has 1 amide bonds. The van der Waals surface area contributed by atoms with Crippen molar-refractivity contribution in [3.8, 4) is 11.6 Å². The molecule has 23 heavy (non-hydrogen) atoms. The average molecular weight is 376 g/mol. The number of nitrogens with zero attached hydrogens (tertiary/aromatic N) is 2. The number of aromatic nitrogens is 1. The van der Waals surface area contributed by atoms with E-state index in [1.165, 1.54) is 0 Å². The van der Waals surface area contributed by atoms with E-state index in [4.69, 9.17) is 10.5 Å². The maximum absolute atomic E-state index is 12.8. The molecule has 1 fully saturated rings. The van der Waals surface area contributed by atoms with Crippen molar-refractivity contribution in [2.24, 2.45) is 5.73 Å². The van der Waals surface area contributed by atoms with E-state index in [0.717, 1.165) is 10.9 Å². The lowest BCUT2D eigenvalue weighted by Crippen LogP contribution is -2.40. The molecule has 0 spiro atoms. The number of hydrogen-bond donors (Lipinski definition) is 1. The van der Waals surface area contributed by atoms with Gasteiger partial charge in [0.1, 0.15) is 11.3 Å². The number of rotatable bonds is 3. The third kappa shape index (κ3) is 3.71. The molecule has 0 aliphatic carbocycles. The first-order valence-corrected chi connectivity index (χ1v) is 8.20. The molecular weight excluding hydrogens is 358 g/mol. The van der Waals surface area contributed by atoms with Crippen LogP contribution in [0.2, 0.25) is 0 Å². The molecule has 120 valence electrons. The molecule has 1 atom stereocenters. The van der Waals surface area contributed by atoms with Crippen molar-refractivity contribution in [1.82, 2.24) is 9.88 Å². The largest absolute Gasteiger partial charge is 0.438 e. The SMILES string of the molecule is C[C@]1(N)CCN(C(=O)c2cccnc2Oc2cccc(Br)c2)C1. The van der Waals surface area contributed by atoms with Crippen LogP contribution in [-0.4, -0.2) is 34.4 Å². The molecule has 0 unspecified atom stereocenters. The highest BCUT2D eigenvalue weighted by atomic mass is 79.9. The van der Waals surface area contributed by atoms with Gasteiger partial charge in [-0.15, -0.1) is 0 Å². The van der Waals surface area contributed by atoms with Crippen molar-refractivity contribution < 1.29 is 9.53 Å². The number of amides is 1. The number of halogens is 1. The standard InChI is InChI=1S/C17H18BrN3O2/c1-17(19)7-9-21(11-17)16(22)14-6-3-8-20-15(14)23-13-5-2-4-12(18)10-13/h2-6,8,10H,7,9,11,19H2,1H3/t17-/m0/s1. The Hall–Kier alpha value is -1.92. The van der Waals surface area contributed by atoms with Crippen molar-refractivity contribution in [1.29, 1.82) is 0 Å². The fourth-order valence-corrected chi connectivity index (χ4v) is 2.98. The molecule has 0 saturated carbocycles. The lowest BCUT2D eigenvalue weighted by Gasteiger charge is -2.20. The zero-order valence-electron chi connectivity index (χ0n) is 12.8. The van der Waals surface area contributed by atoms with Crippen LogP contribution in [0.5, 0.6) is 11.6 Å². The van der Waals surface area contributed by atoms with Gasteiger partial charge in [0, 0.05) is 29.3 Å². The Morgan fingerprint density at radius 1 is 1.39 bits per heavy atom. The Morgan fingerprint density at radius 2 is 2.22 bits per heavy atom. The molecule has 1 aromatic carbocycles. The van der Waals surface area contributed by atoms with Crippen molar-refractivity contribution in [2.45, 2.75) is 18.9 Å². The number of pyridine rings is 1. The Bertz CT molecular complexity index is 733. The van der Waals surface area contributed by atoms with Crippen molar-refractivity contribution >= 4 is 21.8 Å². The second kappa shape index (κ2) is 6.29. The molecule has 0 bridgehead atoms. The molecule has 1 aliphatic heterocycles. The summed E-state index contributed by atoms with van der Waals surface area (Å²) in [6, 6.07) is 10.9. The number of nitrogens with two attached hydrogens (primary N) is 1. The van der Waals surface area contributed by atoms with Crippen molar-refractivity contribution in [3.63, 3.8) is 0 Å². The summed E-state index contributed by atoms with van der Waals surface area (Å²) >= 11 is 3.40. The van der Waals surface area contributed by atoms with Gasteiger partial charge in [0.05, 0.1) is 0 Å². The number of likely N-dealkylation sites (tertiary alicyclic amines) is 1. The van der Waals surface area contributed by atoms with E-state index in [2.05, 4.69) is 20.9 Å². The van der Waals surface area contributed by atoms with Crippen LogP contribution in [0.3, 0.4) is 0 Å². The van der Waals surface area contributed by atoms with Gasteiger partial charge in [-0.25, -0.2) is 4.98 Å². The van der Waals surface area contributed by atoms with E-state index in [-0.39, 0.29) is 11.4 Å². The van der Waals surface area contributed by atoms with Gasteiger partial charge in [-0.2, -0.15) is 0 Å². The molecule has 3 rings (SSSR count). The fraction of sp³-hybridized carbons (Fsp3) is 0.294. The van der Waals surface area contributed by atoms with E-state index in [0.29, 0.717) is 30.3 Å². The number of carbonyl (C=O) groups excluding carboxylic acids is 1. The first kappa shape index (κ1) is 16.0. The van der Waals surface area contributed by atoms with E-state index in [1.807, 2.05) is 31.2 Å². The van der Waals surface area contributed by atoms with E-state index < -0.39 is 0 Å². The average Bonchev–Trinajstić information content (AvgIpc) is 2.87. The van der Waals surface area contributed by atoms with Crippen LogP contribution in [0.25, 0.3) is 0 Å². The number of ether oxygens (including phenoxy) is 1. The highest BCUT2D eigenvalue weighted by Crippen LogP contribution is 2.28. The topological polar surface area (TPSA) is 68.5 Å². The van der Waals surface area contributed by atoms with Crippen molar-refractivity contribution in [3.05, 3.63) is 52.6 Å². The van der Waals surface area contributed by atoms with Gasteiger partial charge in [0.15, 0.2) is 0 Å². The Kier molecular flexibility index (Phi) is 4.37. The second-order valence-electron chi connectivity index (χ2n) is 6.05. The first-order chi connectivity index (χ1) is 10.9. The van der Waals surface area contributed by atoms with Gasteiger partial charge in [-0.1, -0.05) is 22.0 Å². The maximum Gasteiger partial charge on any atom is 0.259 e. The third-order valence-corrected chi connectivity index (χ3v) is 4.30. The molecule has 1 aliphatic rings. The smallest absolute Gasteiger partial charge is 0.259 e. The minimum absolute atomic E-state index is 0.0997. The van der Waals surface area contributed by atoms with Crippen LogP contribution in [0.15, 0.2) is 47.1 Å². The molecule has 2 heterocycles. The summed E-state index contributed by atoms with van der Waals surface area (Å²) in [5.74, 6) is 0.829. The minimum Gasteiger partial charge on any atom is -0.438 e. The van der Waals surface area contributed by atoms with Crippen LogP contribution in [0.1, 0.15) is 23.7 Å². The van der Waals surface area contributed by atoms with Gasteiger partial charge < -0.3 is 15.4 Å². The summed E-state index contributed by atoms with van der Waals surface area (Å²) in [7, 11) is 0. The fourth-order valence-electron chi connectivity index (χ4n) is 2.61. The van der Waals surface area contributed by atoms with Crippen LogP contribution in [0.4, 0.5) is 0 Å². The molecule has 6 heteroatoms. The van der Waals surface area contributed by atoms with Crippen LogP contribution in [-0.2, 0) is 0 Å². The summed E-state index contributed by atoms with van der Waals surface area (Å²) in [6.45, 7) is 3.15. The monoisotopic (exact) mass is 375 g/mol. The Labute approximate surface area is 143 Å². The van der Waals surface area contributed by atoms with Gasteiger partial charge in [0.25, 0.3) is 5.91 Å². The predicted octanol–water partition coefficient (Wildman–Crippen LogP) is 3.20. The van der Waals surface area contributed by atoms with Gasteiger partial charge >= 0.3 is 0 Å². The molecule has 5 nitrogen and oxygen atoms in total. The summed E-state index contributed by atoms with van der Waals surface area (Å²) < 4.78 is 6.70. The lowest BCUT2D eigenvalue weighted by atomic mass is 10.0. The maximum atomic E-state index is 12.8. The third-order valence-electron chi connectivity index (χ3n) is 3.80. The first-order valence-electron chi connectivity index (χ1n) is 7.41. The van der Waals surface area contributed by atoms with E-state index >= 15 is 0 Å². The molecule has 0 radical (unpaired) electrons. The normalized spacial score (nSPS) is 20.6. The van der Waals surface area contributed by atoms with Gasteiger partial charge in [-0.05, 0) is 43.7 Å². The minimum atomic E-state index is -0.330. The van der Waals surface area contributed by atoms with Gasteiger partial charge in [-0.3, -0.25) is 4.79 Å². The zero-order valence-corrected chi connectivity index (χ0v) is 14.4. The summed E-state index contributed by atoms with van der Waals surface area (Å²) in [5.41, 5.74) is 6.24. The van der Waals surface area contributed by atoms with E-state index in [9.17, 15) is 4.79 Å². The molecule has 1 saturated heterocycles. The molecule has 1 aromatic heterocycles. The molecule has 2 aromatic rings. The summed E-state index contributed by atoms with van der Waals surface area (Å²) in [4.78, 5) is 18.7. The number of carbonyl (C=O) groups is 1. The molecule has 2 N–H and O–H groups in total. The Balaban J connectivity index is 1.85. The number of hydrogen-bond acceptors (Lipinski definition) is 4.